The van der Waals surface area contributed by atoms with Gasteiger partial charge in [-0.2, -0.15) is 0 Å². The Morgan fingerprint density at radius 1 is 1.19 bits per heavy atom. The Bertz CT molecular complexity index is 672. The molecule has 0 aliphatic heterocycles. The van der Waals surface area contributed by atoms with E-state index in [9.17, 15) is 9.59 Å². The normalized spacial score (nSPS) is 11.0. The van der Waals surface area contributed by atoms with Gasteiger partial charge in [-0.3, -0.25) is 13.9 Å². The predicted molar refractivity (Wildman–Crippen MR) is 83.3 cm³/mol. The predicted octanol–water partition coefficient (Wildman–Crippen LogP) is 0.456. The number of carbonyl (C=O) groups excluding carboxylic acids is 1. The van der Waals surface area contributed by atoms with Gasteiger partial charge in [0.2, 0.25) is 5.91 Å². The highest BCUT2D eigenvalue weighted by atomic mass is 16.2. The molecular formula is C15H22N4O2. The summed E-state index contributed by atoms with van der Waals surface area (Å²) in [4.78, 5) is 24.0. The number of amides is 1. The fourth-order valence-corrected chi connectivity index (χ4v) is 2.37. The van der Waals surface area contributed by atoms with Crippen molar-refractivity contribution >= 4 is 16.9 Å². The van der Waals surface area contributed by atoms with E-state index in [1.54, 1.807) is 16.2 Å². The number of hydrogen-bond donors (Lipinski definition) is 2. The van der Waals surface area contributed by atoms with Crippen molar-refractivity contribution in [1.29, 1.82) is 0 Å². The third-order valence-corrected chi connectivity index (χ3v) is 3.54. The number of rotatable bonds is 7. The van der Waals surface area contributed by atoms with Crippen molar-refractivity contribution in [2.75, 3.05) is 20.1 Å². The summed E-state index contributed by atoms with van der Waals surface area (Å²) in [5.41, 5.74) is 1.67. The molecule has 0 aliphatic carbocycles. The number of nitrogens with zero attached hydrogens (tertiary/aromatic N) is 2. The van der Waals surface area contributed by atoms with Gasteiger partial charge in [0.25, 0.3) is 0 Å². The fraction of sp³-hybridized carbons (Fsp3) is 0.467. The number of para-hydroxylation sites is 2. The minimum atomic E-state index is -0.0841. The average Bonchev–Trinajstić information content (AvgIpc) is 2.74. The maximum absolute atomic E-state index is 12.2. The van der Waals surface area contributed by atoms with Crippen LogP contribution in [0.2, 0.25) is 0 Å². The van der Waals surface area contributed by atoms with E-state index in [1.807, 2.05) is 31.3 Å². The lowest BCUT2D eigenvalue weighted by molar-refractivity contribution is -0.121. The molecular weight excluding hydrogens is 268 g/mol. The van der Waals surface area contributed by atoms with Gasteiger partial charge in [-0.1, -0.05) is 12.1 Å². The molecule has 6 nitrogen and oxygen atoms in total. The van der Waals surface area contributed by atoms with Crippen LogP contribution in [0.1, 0.15) is 12.8 Å². The largest absolute Gasteiger partial charge is 0.356 e. The van der Waals surface area contributed by atoms with Crippen LogP contribution >= 0.6 is 0 Å². The molecule has 0 aliphatic rings. The van der Waals surface area contributed by atoms with E-state index in [0.717, 1.165) is 24.0 Å². The molecule has 0 fully saturated rings. The van der Waals surface area contributed by atoms with Gasteiger partial charge in [-0.05, 0) is 32.1 Å². The number of aromatic nitrogens is 2. The monoisotopic (exact) mass is 290 g/mol. The van der Waals surface area contributed by atoms with Gasteiger partial charge in [-0.15, -0.1) is 0 Å². The van der Waals surface area contributed by atoms with Crippen LogP contribution in [0.25, 0.3) is 11.0 Å². The molecule has 1 aromatic heterocycles. The van der Waals surface area contributed by atoms with Crippen molar-refractivity contribution in [3.05, 3.63) is 34.7 Å². The first-order valence-corrected chi connectivity index (χ1v) is 7.20. The van der Waals surface area contributed by atoms with Crippen LogP contribution in [-0.2, 0) is 18.4 Å². The lowest BCUT2D eigenvalue weighted by atomic mass is 10.3. The summed E-state index contributed by atoms with van der Waals surface area (Å²) in [6.07, 6.45) is 1.21. The van der Waals surface area contributed by atoms with Crippen LogP contribution in [0.3, 0.4) is 0 Å². The maximum Gasteiger partial charge on any atom is 0.328 e. The number of nitrogens with one attached hydrogen (secondary N) is 2. The first-order chi connectivity index (χ1) is 10.1. The number of imidazole rings is 1. The molecule has 1 aromatic carbocycles. The summed E-state index contributed by atoms with van der Waals surface area (Å²) in [6.45, 7) is 1.94. The zero-order valence-electron chi connectivity index (χ0n) is 12.6. The molecule has 2 aromatic rings. The van der Waals surface area contributed by atoms with Crippen LogP contribution in [0.4, 0.5) is 0 Å². The molecule has 114 valence electrons. The first kappa shape index (κ1) is 15.3. The third-order valence-electron chi connectivity index (χ3n) is 3.54. The Hall–Kier alpha value is -2.08. The molecule has 0 saturated carbocycles. The van der Waals surface area contributed by atoms with Gasteiger partial charge in [0, 0.05) is 26.6 Å². The van der Waals surface area contributed by atoms with Gasteiger partial charge in [0.15, 0.2) is 0 Å². The Morgan fingerprint density at radius 2 is 1.90 bits per heavy atom. The van der Waals surface area contributed by atoms with E-state index < -0.39 is 0 Å². The molecule has 0 spiro atoms. The van der Waals surface area contributed by atoms with Crippen molar-refractivity contribution in [3.8, 4) is 0 Å². The van der Waals surface area contributed by atoms with E-state index in [4.69, 9.17) is 0 Å². The van der Waals surface area contributed by atoms with Gasteiger partial charge in [0.05, 0.1) is 11.0 Å². The van der Waals surface area contributed by atoms with Crippen molar-refractivity contribution in [1.82, 2.24) is 19.8 Å². The number of benzene rings is 1. The van der Waals surface area contributed by atoms with E-state index in [-0.39, 0.29) is 11.6 Å². The Labute approximate surface area is 123 Å². The summed E-state index contributed by atoms with van der Waals surface area (Å²) >= 11 is 0. The van der Waals surface area contributed by atoms with E-state index >= 15 is 0 Å². The summed E-state index contributed by atoms with van der Waals surface area (Å²) in [6, 6.07) is 7.61. The van der Waals surface area contributed by atoms with Crippen LogP contribution in [-0.4, -0.2) is 35.2 Å². The highest BCUT2D eigenvalue weighted by Gasteiger charge is 2.11. The molecule has 0 unspecified atom stereocenters. The topological polar surface area (TPSA) is 68.1 Å². The summed E-state index contributed by atoms with van der Waals surface area (Å²) in [5, 5.41) is 5.89. The van der Waals surface area contributed by atoms with Gasteiger partial charge >= 0.3 is 5.69 Å². The van der Waals surface area contributed by atoms with Crippen molar-refractivity contribution in [2.45, 2.75) is 19.4 Å². The highest BCUT2D eigenvalue weighted by molar-refractivity contribution is 5.77. The summed E-state index contributed by atoms with van der Waals surface area (Å²) in [5.74, 6) is -0.0223. The van der Waals surface area contributed by atoms with Crippen LogP contribution in [0.15, 0.2) is 29.1 Å². The second-order valence-electron chi connectivity index (χ2n) is 5.04. The highest BCUT2D eigenvalue weighted by Crippen LogP contribution is 2.11. The molecule has 0 bridgehead atoms. The summed E-state index contributed by atoms with van der Waals surface area (Å²) < 4.78 is 3.27. The molecule has 2 rings (SSSR count). The van der Waals surface area contributed by atoms with E-state index in [2.05, 4.69) is 10.6 Å². The minimum Gasteiger partial charge on any atom is -0.356 e. The molecule has 21 heavy (non-hydrogen) atoms. The second-order valence-corrected chi connectivity index (χ2v) is 5.04. The average molecular weight is 290 g/mol. The minimum absolute atomic E-state index is 0.0223. The lowest BCUT2D eigenvalue weighted by Gasteiger charge is -2.06. The number of hydrogen-bond acceptors (Lipinski definition) is 3. The number of fused-ring (bicyclic) bond motifs is 1. The third kappa shape index (κ3) is 3.52. The van der Waals surface area contributed by atoms with Crippen molar-refractivity contribution in [3.63, 3.8) is 0 Å². The second kappa shape index (κ2) is 7.08. The Balaban J connectivity index is 1.99. The van der Waals surface area contributed by atoms with Gasteiger partial charge < -0.3 is 10.6 Å². The summed E-state index contributed by atoms with van der Waals surface area (Å²) in [7, 11) is 3.63. The van der Waals surface area contributed by atoms with Crippen LogP contribution in [0, 0.1) is 0 Å². The van der Waals surface area contributed by atoms with Gasteiger partial charge in [-0.25, -0.2) is 4.79 Å². The quantitative estimate of drug-likeness (QED) is 0.728. The van der Waals surface area contributed by atoms with Crippen molar-refractivity contribution in [2.24, 2.45) is 7.05 Å². The zero-order chi connectivity index (χ0) is 15.2. The Kier molecular flexibility index (Phi) is 5.16. The van der Waals surface area contributed by atoms with Gasteiger partial charge in [0.1, 0.15) is 0 Å². The van der Waals surface area contributed by atoms with E-state index in [1.165, 1.54) is 0 Å². The molecule has 0 atom stereocenters. The molecule has 6 heteroatoms. The lowest BCUT2D eigenvalue weighted by Crippen LogP contribution is -2.29. The van der Waals surface area contributed by atoms with Crippen LogP contribution < -0.4 is 16.3 Å². The molecule has 0 radical (unpaired) electrons. The van der Waals surface area contributed by atoms with E-state index in [0.29, 0.717) is 19.5 Å². The number of aryl methyl sites for hydroxylation is 2. The standard InChI is InChI=1S/C15H22N4O2/c1-16-9-5-10-17-14(20)8-11-19-13-7-4-3-6-12(13)18(2)15(19)21/h3-4,6-7,16H,5,8-11H2,1-2H3,(H,17,20). The zero-order valence-corrected chi connectivity index (χ0v) is 12.6. The molecule has 0 saturated heterocycles. The molecule has 1 amide bonds. The molecule has 1 heterocycles. The molecule has 2 N–H and O–H groups in total. The number of carbonyl (C=O) groups is 1. The smallest absolute Gasteiger partial charge is 0.328 e. The SMILES string of the molecule is CNCCCNC(=O)CCn1c(=O)n(C)c2ccccc21. The van der Waals surface area contributed by atoms with Crippen molar-refractivity contribution < 1.29 is 4.79 Å². The first-order valence-electron chi connectivity index (χ1n) is 7.20. The van der Waals surface area contributed by atoms with Crippen LogP contribution in [0.5, 0.6) is 0 Å². The Morgan fingerprint density at radius 3 is 2.62 bits per heavy atom. The fourth-order valence-electron chi connectivity index (χ4n) is 2.37. The maximum atomic E-state index is 12.2.